The van der Waals surface area contributed by atoms with E-state index in [0.29, 0.717) is 5.92 Å². The number of hydrogen-bond acceptors (Lipinski definition) is 0. The van der Waals surface area contributed by atoms with Crippen LogP contribution in [-0.2, 0) is 13.0 Å². The van der Waals surface area contributed by atoms with Crippen LogP contribution < -0.4 is 4.57 Å². The number of nitrogens with zero attached hydrogens (tertiary/aromatic N) is 2. The third kappa shape index (κ3) is 2.74. The highest BCUT2D eigenvalue weighted by Crippen LogP contribution is 2.43. The van der Waals surface area contributed by atoms with Crippen molar-refractivity contribution in [3.05, 3.63) is 76.5 Å². The second-order valence-corrected chi connectivity index (χ2v) is 10.8. The zero-order chi connectivity index (χ0) is 21.5. The molecule has 2 aromatic carbocycles. The van der Waals surface area contributed by atoms with E-state index < -0.39 is 0 Å². The van der Waals surface area contributed by atoms with Gasteiger partial charge in [-0.15, -0.1) is 0 Å². The minimum Gasteiger partial charge on any atom is -0.228 e. The lowest BCUT2D eigenvalue weighted by atomic mass is 9.85. The molecule has 2 aromatic heterocycles. The SMILES string of the molecule is Cc1cccc(C)c1-c1c[n+]2c3c4c(c5cc(CC(C)(C)C)ccc5n13)C=CCC4C2. The molecular weight excluding hydrogens is 376 g/mol. The fourth-order valence-electron chi connectivity index (χ4n) is 6.00. The molecule has 0 saturated carbocycles. The van der Waals surface area contributed by atoms with Crippen molar-refractivity contribution in [2.24, 2.45) is 5.41 Å². The molecule has 0 saturated heterocycles. The zero-order valence-electron chi connectivity index (χ0n) is 19.3. The highest BCUT2D eigenvalue weighted by atomic mass is 15.1. The van der Waals surface area contributed by atoms with Gasteiger partial charge in [-0.2, -0.15) is 4.40 Å². The van der Waals surface area contributed by atoms with Gasteiger partial charge in [0, 0.05) is 16.9 Å². The van der Waals surface area contributed by atoms with Crippen molar-refractivity contribution in [2.45, 2.75) is 59.9 Å². The summed E-state index contributed by atoms with van der Waals surface area (Å²) in [5.41, 5.74) is 12.9. The predicted octanol–water partition coefficient (Wildman–Crippen LogP) is 6.77. The first kappa shape index (κ1) is 18.9. The molecule has 2 aliphatic rings. The maximum absolute atomic E-state index is 2.56. The van der Waals surface area contributed by atoms with Gasteiger partial charge in [0.05, 0.1) is 12.1 Å². The summed E-state index contributed by atoms with van der Waals surface area (Å²) in [6.45, 7) is 12.6. The molecule has 1 aliphatic carbocycles. The van der Waals surface area contributed by atoms with Crippen molar-refractivity contribution in [2.75, 3.05) is 0 Å². The van der Waals surface area contributed by atoms with E-state index in [4.69, 9.17) is 0 Å². The summed E-state index contributed by atoms with van der Waals surface area (Å²) < 4.78 is 5.07. The van der Waals surface area contributed by atoms with Gasteiger partial charge in [0.2, 0.25) is 0 Å². The number of aryl methyl sites for hydroxylation is 2. The third-order valence-corrected chi connectivity index (χ3v) is 7.13. The molecule has 0 radical (unpaired) electrons. The predicted molar refractivity (Wildman–Crippen MR) is 130 cm³/mol. The molecular formula is C29H31N2+. The first-order valence-electron chi connectivity index (χ1n) is 11.6. The number of pyridine rings is 1. The summed E-state index contributed by atoms with van der Waals surface area (Å²) in [4.78, 5) is 0. The van der Waals surface area contributed by atoms with Crippen LogP contribution >= 0.6 is 0 Å². The molecule has 1 aliphatic heterocycles. The Morgan fingerprint density at radius 1 is 1.06 bits per heavy atom. The maximum atomic E-state index is 2.56. The quantitative estimate of drug-likeness (QED) is 0.324. The number of allylic oxidation sites excluding steroid dienone is 1. The standard InChI is InChI=1S/C29H31N2/c1-18-8-6-9-19(2)26(18)25-17-30-16-21-10-7-11-22-23-14-20(15-29(3,4)5)12-13-24(23)31(25)28(30)27(21)22/h6-9,11-14,17,21H,10,15-16H2,1-5H3/q+1. The van der Waals surface area contributed by atoms with Crippen LogP contribution in [0.2, 0.25) is 0 Å². The van der Waals surface area contributed by atoms with Gasteiger partial charge in [-0.1, -0.05) is 57.2 Å². The Kier molecular flexibility index (Phi) is 3.85. The number of imidazole rings is 1. The van der Waals surface area contributed by atoms with Gasteiger partial charge in [-0.3, -0.25) is 0 Å². The summed E-state index contributed by atoms with van der Waals surface area (Å²) >= 11 is 0. The van der Waals surface area contributed by atoms with Gasteiger partial charge >= 0.3 is 0 Å². The van der Waals surface area contributed by atoms with Gasteiger partial charge in [-0.25, -0.2) is 4.57 Å². The van der Waals surface area contributed by atoms with Crippen molar-refractivity contribution in [3.8, 4) is 11.3 Å². The molecule has 31 heavy (non-hydrogen) atoms. The average Bonchev–Trinajstić information content (AvgIpc) is 3.23. The molecule has 156 valence electrons. The molecule has 0 bridgehead atoms. The van der Waals surface area contributed by atoms with E-state index in [9.17, 15) is 0 Å². The Morgan fingerprint density at radius 3 is 2.58 bits per heavy atom. The fraction of sp³-hybridized carbons (Fsp3) is 0.345. The summed E-state index contributed by atoms with van der Waals surface area (Å²) in [6, 6.07) is 13.8. The number of aromatic nitrogens is 2. The highest BCUT2D eigenvalue weighted by molar-refractivity contribution is 5.96. The van der Waals surface area contributed by atoms with E-state index in [1.807, 2.05) is 0 Å². The molecule has 0 spiro atoms. The smallest absolute Gasteiger partial charge is 0.228 e. The molecule has 6 rings (SSSR count). The first-order chi connectivity index (χ1) is 14.8. The van der Waals surface area contributed by atoms with Gasteiger partial charge < -0.3 is 0 Å². The van der Waals surface area contributed by atoms with Crippen LogP contribution in [0.1, 0.15) is 60.9 Å². The van der Waals surface area contributed by atoms with Gasteiger partial charge in [0.1, 0.15) is 11.7 Å². The van der Waals surface area contributed by atoms with Gasteiger partial charge in [0.25, 0.3) is 5.65 Å². The molecule has 3 heterocycles. The van der Waals surface area contributed by atoms with Crippen LogP contribution in [0, 0.1) is 19.3 Å². The number of rotatable bonds is 2. The van der Waals surface area contributed by atoms with Crippen molar-refractivity contribution in [1.82, 2.24) is 4.40 Å². The summed E-state index contributed by atoms with van der Waals surface area (Å²) in [7, 11) is 0. The molecule has 0 N–H and O–H groups in total. The Bertz CT molecular complexity index is 1390. The average molecular weight is 408 g/mol. The molecule has 2 heteroatoms. The lowest BCUT2D eigenvalue weighted by molar-refractivity contribution is -0.665. The number of fused-ring (bicyclic) bond motifs is 3. The van der Waals surface area contributed by atoms with E-state index >= 15 is 0 Å². The Morgan fingerprint density at radius 2 is 1.84 bits per heavy atom. The van der Waals surface area contributed by atoms with Crippen LogP contribution in [0.5, 0.6) is 0 Å². The van der Waals surface area contributed by atoms with Crippen molar-refractivity contribution >= 4 is 22.6 Å². The molecule has 4 aromatic rings. The molecule has 0 amide bonds. The first-order valence-corrected chi connectivity index (χ1v) is 11.6. The Balaban J connectivity index is 1.74. The monoisotopic (exact) mass is 407 g/mol. The maximum Gasteiger partial charge on any atom is 0.291 e. The molecule has 1 unspecified atom stereocenters. The lowest BCUT2D eigenvalue weighted by Crippen LogP contribution is -2.29. The third-order valence-electron chi connectivity index (χ3n) is 7.13. The molecule has 1 atom stereocenters. The van der Waals surface area contributed by atoms with Crippen LogP contribution in [-0.4, -0.2) is 4.40 Å². The minimum absolute atomic E-state index is 0.282. The van der Waals surface area contributed by atoms with E-state index in [2.05, 4.69) is 98.3 Å². The second kappa shape index (κ2) is 6.32. The lowest BCUT2D eigenvalue weighted by Gasteiger charge is -2.20. The van der Waals surface area contributed by atoms with Crippen molar-refractivity contribution < 1.29 is 4.57 Å². The number of benzene rings is 2. The van der Waals surface area contributed by atoms with Crippen molar-refractivity contribution in [1.29, 1.82) is 0 Å². The van der Waals surface area contributed by atoms with Gasteiger partial charge in [0.15, 0.2) is 5.69 Å². The topological polar surface area (TPSA) is 8.29 Å². The van der Waals surface area contributed by atoms with Crippen LogP contribution in [0.25, 0.3) is 33.9 Å². The van der Waals surface area contributed by atoms with E-state index in [-0.39, 0.29) is 5.41 Å². The van der Waals surface area contributed by atoms with E-state index in [1.165, 1.54) is 50.1 Å². The van der Waals surface area contributed by atoms with Crippen LogP contribution in [0.4, 0.5) is 0 Å². The molecule has 2 nitrogen and oxygen atoms in total. The number of hydrogen-bond donors (Lipinski definition) is 0. The van der Waals surface area contributed by atoms with Crippen molar-refractivity contribution in [3.63, 3.8) is 0 Å². The van der Waals surface area contributed by atoms with E-state index in [1.54, 1.807) is 5.56 Å². The largest absolute Gasteiger partial charge is 0.291 e. The summed E-state index contributed by atoms with van der Waals surface area (Å²) in [5.74, 6) is 0.604. The van der Waals surface area contributed by atoms with Crippen LogP contribution in [0.15, 0.2) is 48.7 Å². The minimum atomic E-state index is 0.282. The Labute approximate surface area is 184 Å². The second-order valence-electron chi connectivity index (χ2n) is 10.8. The highest BCUT2D eigenvalue weighted by Gasteiger charge is 2.38. The van der Waals surface area contributed by atoms with E-state index in [0.717, 1.165) is 19.4 Å². The zero-order valence-corrected chi connectivity index (χ0v) is 19.3. The molecule has 0 fully saturated rings. The Hall–Kier alpha value is -2.87. The normalized spacial score (nSPS) is 17.3. The van der Waals surface area contributed by atoms with Gasteiger partial charge in [-0.05, 0) is 66.5 Å². The summed E-state index contributed by atoms with van der Waals surface area (Å²) in [5, 5.41) is 1.40. The van der Waals surface area contributed by atoms with Crippen LogP contribution in [0.3, 0.4) is 0 Å². The summed E-state index contributed by atoms with van der Waals surface area (Å²) in [6.07, 6.45) is 9.43. The fourth-order valence-corrected chi connectivity index (χ4v) is 6.00.